The average molecular weight is 475 g/mol. The molecule has 4 nitrogen and oxygen atoms in total. The van der Waals surface area contributed by atoms with E-state index in [-0.39, 0.29) is 24.1 Å². The predicted octanol–water partition coefficient (Wildman–Crippen LogP) is 5.98. The van der Waals surface area contributed by atoms with Gasteiger partial charge < -0.3 is 5.43 Å². The predicted molar refractivity (Wildman–Crippen MR) is 109 cm³/mol. The van der Waals surface area contributed by atoms with Gasteiger partial charge in [-0.1, -0.05) is 60.5 Å². The number of hydrogen-bond acceptors (Lipinski definition) is 3. The third kappa shape index (κ3) is 7.84. The first kappa shape index (κ1) is 23.4. The Morgan fingerprint density at radius 1 is 0.897 bits per heavy atom. The molecule has 2 rings (SSSR count). The quantitative estimate of drug-likeness (QED) is 0.527. The van der Waals surface area contributed by atoms with Crippen molar-refractivity contribution in [1.29, 1.82) is 0 Å². The zero-order valence-electron chi connectivity index (χ0n) is 16.2. The number of benzene rings is 1. The van der Waals surface area contributed by atoms with Gasteiger partial charge in [-0.25, -0.2) is 0 Å². The SMILES string of the molecule is O=C(NN/C1=C(\C(=O)C(F)(F)F)CCCCCCCCCC1)c1cccc(Br)c1. The van der Waals surface area contributed by atoms with Crippen molar-refractivity contribution in [3.63, 3.8) is 0 Å². The molecular formula is C21H26BrF3N2O2. The highest BCUT2D eigenvalue weighted by Crippen LogP contribution is 2.28. The Bertz CT molecular complexity index is 748. The van der Waals surface area contributed by atoms with Crippen molar-refractivity contribution in [2.45, 2.75) is 70.4 Å². The number of Topliss-reactive ketones (excluding diaryl/α,β-unsaturated/α-hetero) is 1. The Morgan fingerprint density at radius 3 is 2.07 bits per heavy atom. The van der Waals surface area contributed by atoms with Crippen molar-refractivity contribution >= 4 is 27.6 Å². The second kappa shape index (κ2) is 11.4. The molecule has 1 aliphatic carbocycles. The molecule has 1 aromatic carbocycles. The number of carbonyl (C=O) groups excluding carboxylic acids is 2. The van der Waals surface area contributed by atoms with Crippen LogP contribution in [0.3, 0.4) is 0 Å². The van der Waals surface area contributed by atoms with Crippen molar-refractivity contribution in [2.24, 2.45) is 0 Å². The third-order valence-corrected chi connectivity index (χ3v) is 5.41. The summed E-state index contributed by atoms with van der Waals surface area (Å²) in [7, 11) is 0. The van der Waals surface area contributed by atoms with Crippen LogP contribution in [0.2, 0.25) is 0 Å². The fraction of sp³-hybridized carbons (Fsp3) is 0.524. The topological polar surface area (TPSA) is 58.2 Å². The van der Waals surface area contributed by atoms with Crippen molar-refractivity contribution in [1.82, 2.24) is 10.9 Å². The Morgan fingerprint density at radius 2 is 1.48 bits per heavy atom. The molecule has 0 heterocycles. The maximum absolute atomic E-state index is 13.2. The molecule has 0 atom stereocenters. The van der Waals surface area contributed by atoms with Crippen LogP contribution in [0, 0.1) is 0 Å². The zero-order valence-corrected chi connectivity index (χ0v) is 17.8. The Labute approximate surface area is 177 Å². The molecule has 0 radical (unpaired) electrons. The lowest BCUT2D eigenvalue weighted by molar-refractivity contribution is -0.166. The molecule has 1 aliphatic rings. The van der Waals surface area contributed by atoms with Gasteiger partial charge >= 0.3 is 6.18 Å². The second-order valence-corrected chi connectivity index (χ2v) is 8.12. The number of hydrogen-bond donors (Lipinski definition) is 2. The molecule has 1 amide bonds. The molecule has 0 unspecified atom stereocenters. The summed E-state index contributed by atoms with van der Waals surface area (Å²) in [5.41, 5.74) is 5.34. The van der Waals surface area contributed by atoms with Crippen LogP contribution >= 0.6 is 15.9 Å². The molecule has 0 aliphatic heterocycles. The molecular weight excluding hydrogens is 449 g/mol. The number of allylic oxidation sites excluding steroid dienone is 2. The second-order valence-electron chi connectivity index (χ2n) is 7.20. The molecule has 2 N–H and O–H groups in total. The van der Waals surface area contributed by atoms with Gasteiger partial charge in [0.25, 0.3) is 11.7 Å². The van der Waals surface area contributed by atoms with E-state index in [0.717, 1.165) is 38.5 Å². The minimum Gasteiger partial charge on any atom is -0.302 e. The standard InChI is InChI=1S/C21H26BrF3N2O2/c22-16-11-9-10-15(14-16)20(29)27-26-18-13-8-6-4-2-1-3-5-7-12-17(18)19(28)21(23,24)25/h9-11,14,26H,1-8,12-13H2,(H,27,29)/b18-17-. The van der Waals surface area contributed by atoms with E-state index in [1.165, 1.54) is 0 Å². The van der Waals surface area contributed by atoms with Crippen LogP contribution in [-0.2, 0) is 4.79 Å². The molecule has 1 aromatic rings. The summed E-state index contributed by atoms with van der Waals surface area (Å²) in [4.78, 5) is 24.4. The Hall–Kier alpha value is -1.83. The Kier molecular flexibility index (Phi) is 9.20. The van der Waals surface area contributed by atoms with E-state index in [1.807, 2.05) is 0 Å². The van der Waals surface area contributed by atoms with Gasteiger partial charge in [-0.2, -0.15) is 13.2 Å². The summed E-state index contributed by atoms with van der Waals surface area (Å²) in [6.07, 6.45) is 2.38. The van der Waals surface area contributed by atoms with E-state index in [1.54, 1.807) is 24.3 Å². The molecule has 0 aromatic heterocycles. The van der Waals surface area contributed by atoms with Crippen LogP contribution in [0.4, 0.5) is 13.2 Å². The van der Waals surface area contributed by atoms with Crippen molar-refractivity contribution < 1.29 is 22.8 Å². The molecule has 0 bridgehead atoms. The van der Waals surface area contributed by atoms with E-state index in [9.17, 15) is 22.8 Å². The van der Waals surface area contributed by atoms with E-state index in [0.29, 0.717) is 22.9 Å². The molecule has 0 fully saturated rings. The first-order chi connectivity index (χ1) is 13.8. The summed E-state index contributed by atoms with van der Waals surface area (Å²) >= 11 is 3.28. The van der Waals surface area contributed by atoms with Crippen molar-refractivity contribution in [3.8, 4) is 0 Å². The van der Waals surface area contributed by atoms with Gasteiger partial charge in [-0.05, 0) is 43.9 Å². The van der Waals surface area contributed by atoms with Crippen LogP contribution < -0.4 is 10.9 Å². The minimum atomic E-state index is -4.94. The summed E-state index contributed by atoms with van der Waals surface area (Å²) in [6, 6.07) is 6.65. The van der Waals surface area contributed by atoms with Gasteiger partial charge in [0.1, 0.15) is 0 Å². The number of halogens is 4. The molecule has 29 heavy (non-hydrogen) atoms. The third-order valence-electron chi connectivity index (χ3n) is 4.91. The number of alkyl halides is 3. The van der Waals surface area contributed by atoms with Crippen LogP contribution in [0.5, 0.6) is 0 Å². The molecule has 0 spiro atoms. The Balaban J connectivity index is 2.23. The van der Waals surface area contributed by atoms with E-state index < -0.39 is 17.9 Å². The number of hydrazine groups is 1. The summed E-state index contributed by atoms with van der Waals surface area (Å²) in [6.45, 7) is 0. The van der Waals surface area contributed by atoms with Crippen molar-refractivity contribution in [2.75, 3.05) is 0 Å². The van der Waals surface area contributed by atoms with Gasteiger partial charge in [0, 0.05) is 21.3 Å². The van der Waals surface area contributed by atoms with E-state index >= 15 is 0 Å². The fourth-order valence-corrected chi connectivity index (χ4v) is 3.76. The highest BCUT2D eigenvalue weighted by molar-refractivity contribution is 9.10. The van der Waals surface area contributed by atoms with Crippen LogP contribution in [-0.4, -0.2) is 17.9 Å². The lowest BCUT2D eigenvalue weighted by atomic mass is 9.96. The van der Waals surface area contributed by atoms with E-state index in [4.69, 9.17) is 0 Å². The largest absolute Gasteiger partial charge is 0.454 e. The highest BCUT2D eigenvalue weighted by Gasteiger charge is 2.41. The number of nitrogens with one attached hydrogen (secondary N) is 2. The van der Waals surface area contributed by atoms with Gasteiger partial charge in [-0.3, -0.25) is 15.0 Å². The maximum Gasteiger partial charge on any atom is 0.454 e. The number of ketones is 1. The molecule has 0 saturated heterocycles. The maximum atomic E-state index is 13.2. The number of rotatable bonds is 4. The lowest BCUT2D eigenvalue weighted by Crippen LogP contribution is -2.39. The van der Waals surface area contributed by atoms with Gasteiger partial charge in [-0.15, -0.1) is 0 Å². The monoisotopic (exact) mass is 474 g/mol. The first-order valence-electron chi connectivity index (χ1n) is 9.94. The fourth-order valence-electron chi connectivity index (χ4n) is 3.36. The molecule has 0 saturated carbocycles. The summed E-state index contributed by atoms with van der Waals surface area (Å²) < 4.78 is 40.2. The smallest absolute Gasteiger partial charge is 0.302 e. The average Bonchev–Trinajstić information content (AvgIpc) is 2.66. The number of carbonyl (C=O) groups is 2. The lowest BCUT2D eigenvalue weighted by Gasteiger charge is -2.19. The number of amides is 1. The van der Waals surface area contributed by atoms with Crippen LogP contribution in [0.15, 0.2) is 40.0 Å². The first-order valence-corrected chi connectivity index (χ1v) is 10.7. The van der Waals surface area contributed by atoms with Crippen LogP contribution in [0.1, 0.15) is 74.6 Å². The highest BCUT2D eigenvalue weighted by atomic mass is 79.9. The molecule has 160 valence electrons. The van der Waals surface area contributed by atoms with Gasteiger partial charge in [0.2, 0.25) is 0 Å². The minimum absolute atomic E-state index is 0.0490. The molecule has 8 heteroatoms. The van der Waals surface area contributed by atoms with E-state index in [2.05, 4.69) is 26.8 Å². The van der Waals surface area contributed by atoms with Crippen LogP contribution in [0.25, 0.3) is 0 Å². The summed E-state index contributed by atoms with van der Waals surface area (Å²) in [5.74, 6) is -2.31. The van der Waals surface area contributed by atoms with Gasteiger partial charge in [0.15, 0.2) is 0 Å². The van der Waals surface area contributed by atoms with Crippen molar-refractivity contribution in [3.05, 3.63) is 45.6 Å². The summed E-state index contributed by atoms with van der Waals surface area (Å²) in [5, 5.41) is 0. The zero-order chi connectivity index (χ0) is 21.3. The van der Waals surface area contributed by atoms with Gasteiger partial charge in [0.05, 0.1) is 0 Å². The normalized spacial score (nSPS) is 19.6.